The van der Waals surface area contributed by atoms with Crippen LogP contribution in [0.1, 0.15) is 17.2 Å². The topological polar surface area (TPSA) is 61.4 Å². The van der Waals surface area contributed by atoms with Crippen LogP contribution in [0.4, 0.5) is 10.5 Å². The molecule has 5 heteroatoms. The van der Waals surface area contributed by atoms with Crippen LogP contribution in [-0.4, -0.2) is 17.2 Å². The van der Waals surface area contributed by atoms with Crippen molar-refractivity contribution in [2.24, 2.45) is 0 Å². The molecule has 0 saturated heterocycles. The van der Waals surface area contributed by atoms with Gasteiger partial charge in [0.05, 0.1) is 22.9 Å². The fourth-order valence-electron chi connectivity index (χ4n) is 2.61. The molecule has 0 unspecified atom stereocenters. The molecule has 2 aromatic carbocycles. The van der Waals surface area contributed by atoms with E-state index in [9.17, 15) is 9.90 Å². The summed E-state index contributed by atoms with van der Waals surface area (Å²) in [5, 5.41) is 16.1. The highest BCUT2D eigenvalue weighted by Crippen LogP contribution is 2.31. The lowest BCUT2D eigenvalue weighted by Crippen LogP contribution is -2.36. The van der Waals surface area contributed by atoms with Gasteiger partial charge in [0.2, 0.25) is 0 Å². The van der Waals surface area contributed by atoms with Crippen molar-refractivity contribution < 1.29 is 9.90 Å². The molecule has 2 atom stereocenters. The largest absolute Gasteiger partial charge is 0.390 e. The van der Waals surface area contributed by atoms with E-state index in [1.54, 1.807) is 24.3 Å². The van der Waals surface area contributed by atoms with Gasteiger partial charge in [0.1, 0.15) is 0 Å². The van der Waals surface area contributed by atoms with Crippen molar-refractivity contribution >= 4 is 23.3 Å². The Morgan fingerprint density at radius 2 is 1.86 bits per heavy atom. The van der Waals surface area contributed by atoms with Crippen molar-refractivity contribution in [3.8, 4) is 0 Å². The Bertz CT molecular complexity index is 675. The van der Waals surface area contributed by atoms with E-state index in [4.69, 9.17) is 11.6 Å². The van der Waals surface area contributed by atoms with E-state index in [-0.39, 0.29) is 6.03 Å². The molecule has 3 rings (SSSR count). The summed E-state index contributed by atoms with van der Waals surface area (Å²) in [5.41, 5.74) is 2.56. The molecule has 0 spiro atoms. The smallest absolute Gasteiger partial charge is 0.319 e. The molecule has 3 N–H and O–H groups in total. The van der Waals surface area contributed by atoms with Crippen LogP contribution in [0.25, 0.3) is 0 Å². The van der Waals surface area contributed by atoms with Gasteiger partial charge in [0.25, 0.3) is 0 Å². The number of rotatable bonds is 2. The molecule has 0 heterocycles. The summed E-state index contributed by atoms with van der Waals surface area (Å²) in [7, 11) is 0. The maximum absolute atomic E-state index is 12.1. The third kappa shape index (κ3) is 2.86. The second-order valence-electron chi connectivity index (χ2n) is 5.03. The minimum atomic E-state index is -0.612. The van der Waals surface area contributed by atoms with Crippen molar-refractivity contribution in [3.63, 3.8) is 0 Å². The molecule has 0 aliphatic heterocycles. The van der Waals surface area contributed by atoms with Gasteiger partial charge in [0, 0.05) is 6.42 Å². The Labute approximate surface area is 127 Å². The molecule has 2 aromatic rings. The fourth-order valence-corrected chi connectivity index (χ4v) is 2.79. The molecule has 0 aromatic heterocycles. The number of carbonyl (C=O) groups excluding carboxylic acids is 1. The number of amides is 2. The van der Waals surface area contributed by atoms with Crippen molar-refractivity contribution in [3.05, 3.63) is 64.7 Å². The van der Waals surface area contributed by atoms with Crippen LogP contribution < -0.4 is 10.6 Å². The third-order valence-electron chi connectivity index (χ3n) is 3.61. The maximum Gasteiger partial charge on any atom is 0.319 e. The molecule has 1 aliphatic rings. The van der Waals surface area contributed by atoms with Gasteiger partial charge in [0.15, 0.2) is 0 Å². The number of aliphatic hydroxyl groups excluding tert-OH is 1. The highest BCUT2D eigenvalue weighted by atomic mass is 35.5. The van der Waals surface area contributed by atoms with E-state index in [0.29, 0.717) is 17.1 Å². The zero-order valence-corrected chi connectivity index (χ0v) is 12.0. The lowest BCUT2D eigenvalue weighted by atomic mass is 10.1. The van der Waals surface area contributed by atoms with Gasteiger partial charge in [-0.3, -0.25) is 0 Å². The standard InChI is InChI=1S/C16H15ClN2O2/c17-12-7-3-4-8-13(12)18-16(21)19-15-11-6-2-1-5-10(11)9-14(15)20/h1-8,14-15,20H,9H2,(H2,18,19,21)/t14-,15+/m1/s1. The number of fused-ring (bicyclic) bond motifs is 1. The summed E-state index contributed by atoms with van der Waals surface area (Å²) in [6, 6.07) is 13.9. The molecular weight excluding hydrogens is 288 g/mol. The van der Waals surface area contributed by atoms with E-state index in [2.05, 4.69) is 10.6 Å². The molecule has 0 radical (unpaired) electrons. The predicted molar refractivity (Wildman–Crippen MR) is 82.5 cm³/mol. The number of anilines is 1. The third-order valence-corrected chi connectivity index (χ3v) is 3.94. The lowest BCUT2D eigenvalue weighted by Gasteiger charge is -2.18. The molecule has 0 fully saturated rings. The van der Waals surface area contributed by atoms with Gasteiger partial charge >= 0.3 is 6.03 Å². The summed E-state index contributed by atoms with van der Waals surface area (Å²) < 4.78 is 0. The first-order valence-corrected chi connectivity index (χ1v) is 7.11. The van der Waals surface area contributed by atoms with Gasteiger partial charge in [-0.05, 0) is 23.3 Å². The van der Waals surface area contributed by atoms with Crippen molar-refractivity contribution in [2.45, 2.75) is 18.6 Å². The van der Waals surface area contributed by atoms with Gasteiger partial charge < -0.3 is 15.7 Å². The van der Waals surface area contributed by atoms with Crippen LogP contribution in [-0.2, 0) is 6.42 Å². The first-order valence-electron chi connectivity index (χ1n) is 6.73. The molecular formula is C16H15ClN2O2. The highest BCUT2D eigenvalue weighted by Gasteiger charge is 2.31. The Kier molecular flexibility index (Phi) is 3.82. The number of halogens is 1. The summed E-state index contributed by atoms with van der Waals surface area (Å²) >= 11 is 6.00. The number of nitrogens with one attached hydrogen (secondary N) is 2. The lowest BCUT2D eigenvalue weighted by molar-refractivity contribution is 0.144. The summed E-state index contributed by atoms with van der Waals surface area (Å²) in [5.74, 6) is 0. The predicted octanol–water partition coefficient (Wildman–Crippen LogP) is 3.12. The molecule has 4 nitrogen and oxygen atoms in total. The van der Waals surface area contributed by atoms with E-state index in [1.807, 2.05) is 24.3 Å². The van der Waals surface area contributed by atoms with Crippen LogP contribution in [0, 0.1) is 0 Å². The Balaban J connectivity index is 1.72. The zero-order valence-electron chi connectivity index (χ0n) is 11.2. The fraction of sp³-hybridized carbons (Fsp3) is 0.188. The maximum atomic E-state index is 12.1. The molecule has 0 saturated carbocycles. The van der Waals surface area contributed by atoms with Gasteiger partial charge in [-0.1, -0.05) is 48.0 Å². The second kappa shape index (κ2) is 5.76. The van der Waals surface area contributed by atoms with E-state index >= 15 is 0 Å². The Morgan fingerprint density at radius 1 is 1.14 bits per heavy atom. The monoisotopic (exact) mass is 302 g/mol. The second-order valence-corrected chi connectivity index (χ2v) is 5.43. The number of benzene rings is 2. The minimum Gasteiger partial charge on any atom is -0.390 e. The molecule has 1 aliphatic carbocycles. The van der Waals surface area contributed by atoms with Crippen LogP contribution in [0.15, 0.2) is 48.5 Å². The average molecular weight is 303 g/mol. The van der Waals surface area contributed by atoms with E-state index in [1.165, 1.54) is 0 Å². The van der Waals surface area contributed by atoms with Crippen LogP contribution >= 0.6 is 11.6 Å². The first-order chi connectivity index (χ1) is 10.1. The Hall–Kier alpha value is -2.04. The number of urea groups is 1. The van der Waals surface area contributed by atoms with E-state index in [0.717, 1.165) is 11.1 Å². The first kappa shape index (κ1) is 13.9. The van der Waals surface area contributed by atoms with Crippen LogP contribution in [0.5, 0.6) is 0 Å². The quantitative estimate of drug-likeness (QED) is 0.798. The number of para-hydroxylation sites is 1. The van der Waals surface area contributed by atoms with Gasteiger partial charge in [-0.15, -0.1) is 0 Å². The van der Waals surface area contributed by atoms with E-state index < -0.39 is 12.1 Å². The number of aliphatic hydroxyl groups is 1. The highest BCUT2D eigenvalue weighted by molar-refractivity contribution is 6.33. The Morgan fingerprint density at radius 3 is 2.67 bits per heavy atom. The van der Waals surface area contributed by atoms with Crippen molar-refractivity contribution in [1.29, 1.82) is 0 Å². The van der Waals surface area contributed by atoms with Gasteiger partial charge in [-0.2, -0.15) is 0 Å². The van der Waals surface area contributed by atoms with Gasteiger partial charge in [-0.25, -0.2) is 4.79 Å². The molecule has 2 amide bonds. The van der Waals surface area contributed by atoms with Crippen molar-refractivity contribution in [2.75, 3.05) is 5.32 Å². The van der Waals surface area contributed by atoms with Crippen LogP contribution in [0.3, 0.4) is 0 Å². The average Bonchev–Trinajstić information content (AvgIpc) is 2.78. The zero-order chi connectivity index (χ0) is 14.8. The van der Waals surface area contributed by atoms with Crippen LogP contribution in [0.2, 0.25) is 5.02 Å². The summed E-state index contributed by atoms with van der Waals surface area (Å²) in [4.78, 5) is 12.1. The summed E-state index contributed by atoms with van der Waals surface area (Å²) in [6.45, 7) is 0. The summed E-state index contributed by atoms with van der Waals surface area (Å²) in [6.07, 6.45) is -0.0628. The minimum absolute atomic E-state index is 0.385. The molecule has 21 heavy (non-hydrogen) atoms. The molecule has 0 bridgehead atoms. The normalized spacial score (nSPS) is 19.9. The van der Waals surface area contributed by atoms with Crippen molar-refractivity contribution in [1.82, 2.24) is 5.32 Å². The number of carbonyl (C=O) groups is 1. The number of hydrogen-bond donors (Lipinski definition) is 3. The molecule has 108 valence electrons. The number of hydrogen-bond acceptors (Lipinski definition) is 2. The SMILES string of the molecule is O=C(Nc1ccccc1Cl)N[C@H]1c2ccccc2C[C@H]1O.